The van der Waals surface area contributed by atoms with Gasteiger partial charge in [0.2, 0.25) is 0 Å². The summed E-state index contributed by atoms with van der Waals surface area (Å²) in [6.45, 7) is 24.6. The summed E-state index contributed by atoms with van der Waals surface area (Å²) in [7, 11) is -0.439. The number of benzene rings is 2. The van der Waals surface area contributed by atoms with Crippen molar-refractivity contribution >= 4 is 52.0 Å². The van der Waals surface area contributed by atoms with Gasteiger partial charge in [-0.05, 0) is 35.6 Å². The Morgan fingerprint density at radius 3 is 1.71 bits per heavy atom. The van der Waals surface area contributed by atoms with E-state index in [9.17, 15) is 0 Å². The molecule has 0 atom stereocenters. The Balaban J connectivity index is 3.06. The average molecular weight is 444 g/mol. The summed E-state index contributed by atoms with van der Waals surface area (Å²) in [6, 6.07) is 14.1. The van der Waals surface area contributed by atoms with Crippen molar-refractivity contribution in [3.8, 4) is 0 Å². The molecule has 154 valence electrons. The summed E-state index contributed by atoms with van der Waals surface area (Å²) in [5, 5.41) is 4.73. The molecular weight excluding hydrogens is 403 g/mol. The summed E-state index contributed by atoms with van der Waals surface area (Å²) in [5.41, 5.74) is 1.50. The number of rotatable bonds is 6. The molecule has 0 N–H and O–H groups in total. The van der Waals surface area contributed by atoms with Crippen molar-refractivity contribution in [3.05, 3.63) is 42.0 Å². The van der Waals surface area contributed by atoms with Crippen molar-refractivity contribution in [2.24, 2.45) is 0 Å². The fraction of sp³-hybridized carbons (Fsp3) is 0.522. The molecule has 0 heterocycles. The predicted molar refractivity (Wildman–Crippen MR) is 142 cm³/mol. The van der Waals surface area contributed by atoms with Crippen molar-refractivity contribution in [1.29, 1.82) is 0 Å². The zero-order chi connectivity index (χ0) is 21.5. The van der Waals surface area contributed by atoms with Gasteiger partial charge >= 0.3 is 0 Å². The first-order chi connectivity index (χ1) is 12.6. The van der Waals surface area contributed by atoms with Crippen LogP contribution in [0.25, 0.3) is 10.8 Å². The zero-order valence-corrected chi connectivity index (χ0v) is 24.1. The molecular formula is C23H41NSi4. The largest absolute Gasteiger partial charge is 0.305 e. The van der Waals surface area contributed by atoms with Crippen LogP contribution < -0.4 is 5.19 Å². The van der Waals surface area contributed by atoms with E-state index in [4.69, 9.17) is 0 Å². The first kappa shape index (κ1) is 23.7. The minimum atomic E-state index is -1.37. The lowest BCUT2D eigenvalue weighted by molar-refractivity contribution is 0.404. The minimum Gasteiger partial charge on any atom is -0.305 e. The van der Waals surface area contributed by atoms with Crippen LogP contribution in [0, 0.1) is 0 Å². The number of nitrogens with zero attached hydrogens (tertiary/aromatic N) is 1. The Labute approximate surface area is 178 Å². The molecule has 0 radical (unpaired) electrons. The van der Waals surface area contributed by atoms with Crippen LogP contribution in [0.4, 0.5) is 0 Å². The molecule has 5 heteroatoms. The van der Waals surface area contributed by atoms with Crippen LogP contribution in [-0.2, 0) is 6.54 Å². The van der Waals surface area contributed by atoms with Gasteiger partial charge in [0.05, 0.1) is 23.7 Å². The van der Waals surface area contributed by atoms with Gasteiger partial charge in [0.15, 0.2) is 0 Å². The van der Waals surface area contributed by atoms with Crippen molar-refractivity contribution in [2.75, 3.05) is 14.1 Å². The molecule has 0 saturated heterocycles. The fourth-order valence-corrected chi connectivity index (χ4v) is 42.1. The van der Waals surface area contributed by atoms with E-state index in [2.05, 4.69) is 119 Å². The number of hydrogen-bond donors (Lipinski definition) is 0. The lowest BCUT2D eigenvalue weighted by Crippen LogP contribution is -2.63. The second-order valence-corrected chi connectivity index (χ2v) is 35.3. The molecule has 2 rings (SSSR count). The topological polar surface area (TPSA) is 3.24 Å². The number of fused-ring (bicyclic) bond motifs is 1. The maximum Gasteiger partial charge on any atom is 0.0632 e. The molecule has 0 aliphatic carbocycles. The van der Waals surface area contributed by atoms with Crippen LogP contribution in [0.1, 0.15) is 5.56 Å². The van der Waals surface area contributed by atoms with Gasteiger partial charge in [-0.15, -0.1) is 4.42 Å². The molecule has 2 aromatic rings. The second kappa shape index (κ2) is 8.26. The molecule has 0 fully saturated rings. The van der Waals surface area contributed by atoms with Gasteiger partial charge in [-0.3, -0.25) is 0 Å². The molecule has 0 unspecified atom stereocenters. The molecule has 2 aromatic carbocycles. The normalized spacial score (nSPS) is 13.3. The Morgan fingerprint density at radius 1 is 0.786 bits per heavy atom. The Kier molecular flexibility index (Phi) is 6.99. The lowest BCUT2D eigenvalue weighted by Gasteiger charge is -2.39. The lowest BCUT2D eigenvalue weighted by atomic mass is 10.0. The summed E-state index contributed by atoms with van der Waals surface area (Å²) >= 11 is 0. The van der Waals surface area contributed by atoms with E-state index in [1.165, 1.54) is 10.9 Å². The molecule has 0 spiro atoms. The van der Waals surface area contributed by atoms with Crippen LogP contribution in [0.15, 0.2) is 36.4 Å². The third-order valence-electron chi connectivity index (χ3n) is 5.25. The molecule has 0 aliphatic heterocycles. The maximum absolute atomic E-state index is 2.63. The highest BCUT2D eigenvalue weighted by Gasteiger charge is 2.38. The third-order valence-corrected chi connectivity index (χ3v) is 29.3. The molecule has 0 bridgehead atoms. The zero-order valence-electron chi connectivity index (χ0n) is 20.1. The molecule has 0 aromatic heterocycles. The summed E-state index contributed by atoms with van der Waals surface area (Å²) < 4.78 is 2.08. The van der Waals surface area contributed by atoms with Gasteiger partial charge in [-0.25, -0.2) is 0 Å². The highest BCUT2D eigenvalue weighted by molar-refractivity contribution is 7.55. The van der Waals surface area contributed by atoms with Crippen LogP contribution in [-0.4, -0.2) is 55.1 Å². The van der Waals surface area contributed by atoms with Gasteiger partial charge in [0, 0.05) is 14.5 Å². The Hall–Kier alpha value is -0.602. The van der Waals surface area contributed by atoms with E-state index in [1.54, 1.807) is 10.6 Å². The maximum atomic E-state index is 2.63. The first-order valence-electron chi connectivity index (χ1n) is 10.6. The standard InChI is InChI=1S/C23H41NSi4/c1-24(2)18-20-16-12-14-19-15-13-17-21(22(19)20)25(28(9,10)11)23(26(3,4)5)27(6,7)8/h12-17H,18H2,1-11H3. The van der Waals surface area contributed by atoms with E-state index in [1.807, 2.05) is 0 Å². The van der Waals surface area contributed by atoms with Gasteiger partial charge in [-0.1, -0.05) is 95.3 Å². The molecule has 0 aliphatic rings. The van der Waals surface area contributed by atoms with E-state index in [-0.39, 0.29) is 0 Å². The van der Waals surface area contributed by atoms with Gasteiger partial charge < -0.3 is 4.90 Å². The first-order valence-corrected chi connectivity index (χ1v) is 23.6. The van der Waals surface area contributed by atoms with Crippen molar-refractivity contribution < 1.29 is 0 Å². The third kappa shape index (κ3) is 5.30. The molecule has 0 saturated carbocycles. The van der Waals surface area contributed by atoms with Crippen LogP contribution in [0.3, 0.4) is 0 Å². The quantitative estimate of drug-likeness (QED) is 0.531. The fourth-order valence-electron chi connectivity index (χ4n) is 4.89. The molecule has 28 heavy (non-hydrogen) atoms. The highest BCUT2D eigenvalue weighted by Crippen LogP contribution is 2.23. The Bertz CT molecular complexity index is 857. The number of hydrogen-bond acceptors (Lipinski definition) is 1. The van der Waals surface area contributed by atoms with E-state index in [0.717, 1.165) is 6.54 Å². The molecule has 1 nitrogen and oxygen atoms in total. The highest BCUT2D eigenvalue weighted by atomic mass is 29.2. The van der Waals surface area contributed by atoms with E-state index >= 15 is 0 Å². The summed E-state index contributed by atoms with van der Waals surface area (Å²) in [4.78, 5) is 2.31. The predicted octanol–water partition coefficient (Wildman–Crippen LogP) is 5.53. The van der Waals surface area contributed by atoms with Gasteiger partial charge in [0.25, 0.3) is 0 Å². The van der Waals surface area contributed by atoms with E-state index in [0.29, 0.717) is 0 Å². The summed E-state index contributed by atoms with van der Waals surface area (Å²) in [5.74, 6) is 0. The van der Waals surface area contributed by atoms with Crippen LogP contribution >= 0.6 is 0 Å². The SMILES string of the molecule is CN(C)Cc1cccc2cccc([Si](=C([Si](C)(C)C)[Si](C)(C)C)[Si](C)(C)C)c12. The Morgan fingerprint density at radius 2 is 1.29 bits per heavy atom. The van der Waals surface area contributed by atoms with Crippen LogP contribution in [0.5, 0.6) is 0 Å². The van der Waals surface area contributed by atoms with Crippen molar-refractivity contribution in [2.45, 2.75) is 65.5 Å². The second-order valence-electron chi connectivity index (χ2n) is 11.6. The molecule has 0 amide bonds. The smallest absolute Gasteiger partial charge is 0.0632 e. The average Bonchev–Trinajstić information content (AvgIpc) is 2.48. The summed E-state index contributed by atoms with van der Waals surface area (Å²) in [6.07, 6.45) is 0. The monoisotopic (exact) mass is 443 g/mol. The van der Waals surface area contributed by atoms with Crippen molar-refractivity contribution in [3.63, 3.8) is 0 Å². The minimum absolute atomic E-state index is 0.713. The van der Waals surface area contributed by atoms with Gasteiger partial charge in [0.1, 0.15) is 0 Å². The van der Waals surface area contributed by atoms with Crippen LogP contribution in [0.2, 0.25) is 58.9 Å². The van der Waals surface area contributed by atoms with Crippen molar-refractivity contribution in [1.82, 2.24) is 4.90 Å². The van der Waals surface area contributed by atoms with E-state index < -0.39 is 31.7 Å². The van der Waals surface area contributed by atoms with Gasteiger partial charge in [-0.2, -0.15) is 0 Å².